The Labute approximate surface area is 90.9 Å². The van der Waals surface area contributed by atoms with Gasteiger partial charge >= 0.3 is 0 Å². The third kappa shape index (κ3) is 2.21. The van der Waals surface area contributed by atoms with Crippen molar-refractivity contribution in [2.75, 3.05) is 6.61 Å². The number of aliphatic hydroxyl groups excluding tert-OH is 1. The van der Waals surface area contributed by atoms with Gasteiger partial charge in [-0.2, -0.15) is 0 Å². The molecule has 0 radical (unpaired) electrons. The van der Waals surface area contributed by atoms with Crippen LogP contribution in [-0.2, 0) is 4.74 Å². The molecule has 2 heteroatoms. The summed E-state index contributed by atoms with van der Waals surface area (Å²) in [5, 5.41) is 10.2. The molecule has 3 unspecified atom stereocenters. The minimum Gasteiger partial charge on any atom is -0.386 e. The summed E-state index contributed by atoms with van der Waals surface area (Å²) < 4.78 is 5.57. The highest BCUT2D eigenvalue weighted by molar-refractivity contribution is 5.25. The van der Waals surface area contributed by atoms with Gasteiger partial charge in [0.15, 0.2) is 0 Å². The zero-order valence-corrected chi connectivity index (χ0v) is 9.31. The first-order valence-corrected chi connectivity index (χ1v) is 5.54. The van der Waals surface area contributed by atoms with Crippen LogP contribution in [0.1, 0.15) is 30.6 Å². The van der Waals surface area contributed by atoms with Crippen molar-refractivity contribution in [3.05, 3.63) is 35.4 Å². The van der Waals surface area contributed by atoms with Crippen LogP contribution in [0.3, 0.4) is 0 Å². The van der Waals surface area contributed by atoms with Crippen LogP contribution >= 0.6 is 0 Å². The number of aliphatic hydroxyl groups is 1. The molecule has 82 valence electrons. The minimum atomic E-state index is -0.484. The van der Waals surface area contributed by atoms with Gasteiger partial charge in [0.1, 0.15) is 6.10 Å². The molecule has 0 spiro atoms. The predicted molar refractivity (Wildman–Crippen MR) is 59.7 cm³/mol. The van der Waals surface area contributed by atoms with Crippen LogP contribution in [0.15, 0.2) is 24.3 Å². The fourth-order valence-corrected chi connectivity index (χ4v) is 2.16. The lowest BCUT2D eigenvalue weighted by Crippen LogP contribution is -2.23. The van der Waals surface area contributed by atoms with Gasteiger partial charge in [0.05, 0.1) is 6.10 Å². The molecular weight excluding hydrogens is 188 g/mol. The third-order valence-corrected chi connectivity index (χ3v) is 3.14. The van der Waals surface area contributed by atoms with E-state index in [0.29, 0.717) is 5.92 Å². The minimum absolute atomic E-state index is 0.0354. The van der Waals surface area contributed by atoms with Crippen molar-refractivity contribution in [2.24, 2.45) is 5.92 Å². The van der Waals surface area contributed by atoms with Crippen molar-refractivity contribution in [1.82, 2.24) is 0 Å². The van der Waals surface area contributed by atoms with Gasteiger partial charge < -0.3 is 9.84 Å². The van der Waals surface area contributed by atoms with Crippen molar-refractivity contribution in [3.63, 3.8) is 0 Å². The second-order valence-electron chi connectivity index (χ2n) is 4.46. The van der Waals surface area contributed by atoms with E-state index in [-0.39, 0.29) is 6.10 Å². The highest BCUT2D eigenvalue weighted by Gasteiger charge is 2.31. The quantitative estimate of drug-likeness (QED) is 0.805. The molecule has 1 aromatic rings. The standard InChI is InChI=1S/C13H18O2/c1-9-4-3-5-11(8-9)12(14)13-10(2)6-7-15-13/h3-5,8,10,12-14H,6-7H2,1-2H3. The number of hydrogen-bond donors (Lipinski definition) is 1. The van der Waals surface area contributed by atoms with Gasteiger partial charge in [-0.3, -0.25) is 0 Å². The largest absolute Gasteiger partial charge is 0.386 e. The molecule has 0 bridgehead atoms. The molecule has 0 aliphatic carbocycles. The topological polar surface area (TPSA) is 29.5 Å². The molecule has 3 atom stereocenters. The summed E-state index contributed by atoms with van der Waals surface area (Å²) in [5.74, 6) is 0.445. The summed E-state index contributed by atoms with van der Waals surface area (Å²) >= 11 is 0. The summed E-state index contributed by atoms with van der Waals surface area (Å²) in [5.41, 5.74) is 2.14. The second-order valence-corrected chi connectivity index (χ2v) is 4.46. The van der Waals surface area contributed by atoms with Crippen LogP contribution in [0, 0.1) is 12.8 Å². The molecule has 2 rings (SSSR count). The van der Waals surface area contributed by atoms with E-state index in [9.17, 15) is 5.11 Å². The first kappa shape index (κ1) is 10.7. The Morgan fingerprint density at radius 1 is 1.47 bits per heavy atom. The van der Waals surface area contributed by atoms with Gasteiger partial charge in [0, 0.05) is 6.61 Å². The first-order chi connectivity index (χ1) is 7.18. The average molecular weight is 206 g/mol. The fraction of sp³-hybridized carbons (Fsp3) is 0.538. The normalized spacial score (nSPS) is 27.9. The second kappa shape index (κ2) is 4.33. The average Bonchev–Trinajstić information content (AvgIpc) is 2.63. The highest BCUT2D eigenvalue weighted by Crippen LogP contribution is 2.31. The monoisotopic (exact) mass is 206 g/mol. The van der Waals surface area contributed by atoms with Gasteiger partial charge in [0.2, 0.25) is 0 Å². The van der Waals surface area contributed by atoms with Crippen molar-refractivity contribution in [1.29, 1.82) is 0 Å². The number of benzene rings is 1. The molecule has 1 N–H and O–H groups in total. The fourth-order valence-electron chi connectivity index (χ4n) is 2.16. The van der Waals surface area contributed by atoms with Gasteiger partial charge in [-0.05, 0) is 24.8 Å². The van der Waals surface area contributed by atoms with Crippen LogP contribution in [0.25, 0.3) is 0 Å². The molecule has 1 aliphatic heterocycles. The highest BCUT2D eigenvalue weighted by atomic mass is 16.5. The molecule has 1 fully saturated rings. The van der Waals surface area contributed by atoms with Crippen molar-refractivity contribution in [2.45, 2.75) is 32.5 Å². The number of ether oxygens (including phenoxy) is 1. The summed E-state index contributed by atoms with van der Waals surface area (Å²) in [7, 11) is 0. The molecule has 1 saturated heterocycles. The number of aryl methyl sites for hydroxylation is 1. The molecule has 15 heavy (non-hydrogen) atoms. The van der Waals surface area contributed by atoms with Crippen molar-refractivity contribution >= 4 is 0 Å². The smallest absolute Gasteiger partial charge is 0.105 e. The Kier molecular flexibility index (Phi) is 3.08. The van der Waals surface area contributed by atoms with Gasteiger partial charge in [0.25, 0.3) is 0 Å². The van der Waals surface area contributed by atoms with E-state index in [1.165, 1.54) is 5.56 Å². The molecule has 0 amide bonds. The maximum atomic E-state index is 10.2. The molecular formula is C13H18O2. The molecule has 1 aliphatic rings. The Bertz CT molecular complexity index is 335. The van der Waals surface area contributed by atoms with E-state index < -0.39 is 6.10 Å². The Morgan fingerprint density at radius 2 is 2.27 bits per heavy atom. The molecule has 1 aromatic carbocycles. The molecule has 0 saturated carbocycles. The van der Waals surface area contributed by atoms with Crippen molar-refractivity contribution in [3.8, 4) is 0 Å². The van der Waals surface area contributed by atoms with Gasteiger partial charge in [-0.25, -0.2) is 0 Å². The summed E-state index contributed by atoms with van der Waals surface area (Å²) in [6, 6.07) is 8.01. The summed E-state index contributed by atoms with van der Waals surface area (Å²) in [6.45, 7) is 4.94. The van der Waals surface area contributed by atoms with Crippen molar-refractivity contribution < 1.29 is 9.84 Å². The molecule has 1 heterocycles. The SMILES string of the molecule is Cc1cccc(C(O)C2OCCC2C)c1. The number of hydrogen-bond acceptors (Lipinski definition) is 2. The maximum Gasteiger partial charge on any atom is 0.105 e. The Hall–Kier alpha value is -0.860. The van der Waals surface area contributed by atoms with Gasteiger partial charge in [-0.15, -0.1) is 0 Å². The lowest BCUT2D eigenvalue weighted by molar-refractivity contribution is -0.0178. The van der Waals surface area contributed by atoms with E-state index in [0.717, 1.165) is 18.6 Å². The third-order valence-electron chi connectivity index (χ3n) is 3.14. The van der Waals surface area contributed by atoms with Crippen LogP contribution in [0.4, 0.5) is 0 Å². The molecule has 2 nitrogen and oxygen atoms in total. The maximum absolute atomic E-state index is 10.2. The predicted octanol–water partition coefficient (Wildman–Crippen LogP) is 2.45. The van der Waals surface area contributed by atoms with E-state index in [4.69, 9.17) is 4.74 Å². The van der Waals surface area contributed by atoms with Crippen LogP contribution in [-0.4, -0.2) is 17.8 Å². The first-order valence-electron chi connectivity index (χ1n) is 5.54. The summed E-state index contributed by atoms with van der Waals surface area (Å²) in [4.78, 5) is 0. The number of rotatable bonds is 2. The lowest BCUT2D eigenvalue weighted by atomic mass is 9.94. The zero-order valence-electron chi connectivity index (χ0n) is 9.31. The van der Waals surface area contributed by atoms with E-state index >= 15 is 0 Å². The van der Waals surface area contributed by atoms with E-state index in [1.807, 2.05) is 31.2 Å². The summed E-state index contributed by atoms with van der Waals surface area (Å²) in [6.07, 6.45) is 0.530. The lowest BCUT2D eigenvalue weighted by Gasteiger charge is -2.21. The van der Waals surface area contributed by atoms with Crippen LogP contribution < -0.4 is 0 Å². The Morgan fingerprint density at radius 3 is 2.87 bits per heavy atom. The van der Waals surface area contributed by atoms with Gasteiger partial charge in [-0.1, -0.05) is 36.8 Å². The van der Waals surface area contributed by atoms with E-state index in [2.05, 4.69) is 6.92 Å². The molecule has 0 aromatic heterocycles. The Balaban J connectivity index is 2.16. The van der Waals surface area contributed by atoms with Crippen LogP contribution in [0.5, 0.6) is 0 Å². The van der Waals surface area contributed by atoms with Crippen LogP contribution in [0.2, 0.25) is 0 Å². The van der Waals surface area contributed by atoms with E-state index in [1.54, 1.807) is 0 Å². The zero-order chi connectivity index (χ0) is 10.8.